The SMILES string of the molecule is CC.CC.CC.CC.ClCCl.O=P(O)(O)O.O=P(O)(O)O. The Labute approximate surface area is 138 Å². The molecule has 0 rings (SSSR count). The van der Waals surface area contributed by atoms with E-state index in [0.29, 0.717) is 0 Å². The topological polar surface area (TPSA) is 156 Å². The first-order chi connectivity index (χ1) is 9.41. The molecule has 0 aliphatic heterocycles. The predicted octanol–water partition coefficient (Wildman–Crippen LogP) is 3.67. The summed E-state index contributed by atoms with van der Waals surface area (Å²) in [4.78, 5) is 43.1. The van der Waals surface area contributed by atoms with Gasteiger partial charge in [0.25, 0.3) is 0 Å². The molecule has 0 aromatic heterocycles. The number of alkyl halides is 2. The smallest absolute Gasteiger partial charge is 0.303 e. The van der Waals surface area contributed by atoms with Crippen molar-refractivity contribution < 1.29 is 38.5 Å². The lowest BCUT2D eigenvalue weighted by atomic mass is 11.0. The molecule has 0 aliphatic carbocycles. The quantitative estimate of drug-likeness (QED) is 0.265. The van der Waals surface area contributed by atoms with Crippen molar-refractivity contribution in [2.24, 2.45) is 0 Å². The van der Waals surface area contributed by atoms with Crippen LogP contribution < -0.4 is 0 Å². The number of hydrogen-bond donors (Lipinski definition) is 6. The van der Waals surface area contributed by atoms with Gasteiger partial charge in [0, 0.05) is 0 Å². The van der Waals surface area contributed by atoms with E-state index in [9.17, 15) is 0 Å². The van der Waals surface area contributed by atoms with E-state index in [-0.39, 0.29) is 5.34 Å². The van der Waals surface area contributed by atoms with Gasteiger partial charge in [0.2, 0.25) is 0 Å². The summed E-state index contributed by atoms with van der Waals surface area (Å²) in [5, 5.41) is 0.194. The molecule has 21 heavy (non-hydrogen) atoms. The number of phosphoric acid groups is 2. The van der Waals surface area contributed by atoms with Gasteiger partial charge in [-0.05, 0) is 0 Å². The highest BCUT2D eigenvalue weighted by Crippen LogP contribution is 2.26. The third kappa shape index (κ3) is 11500. The normalized spacial score (nSPS) is 7.62. The van der Waals surface area contributed by atoms with E-state index in [1.807, 2.05) is 55.4 Å². The second kappa shape index (κ2) is 42.8. The van der Waals surface area contributed by atoms with Crippen molar-refractivity contribution in [2.45, 2.75) is 55.4 Å². The van der Waals surface area contributed by atoms with E-state index < -0.39 is 15.6 Å². The standard InChI is InChI=1S/4C2H6.CH2Cl2.2H3O4P/c4*1-2;2-1-3;2*1-5(2,3)4/h4*1-2H3;1H2;2*(H3,1,2,3,4). The molecule has 8 nitrogen and oxygen atoms in total. The third-order valence-electron chi connectivity index (χ3n) is 0. The molecule has 0 unspecified atom stereocenters. The molecule has 0 aliphatic rings. The van der Waals surface area contributed by atoms with Crippen LogP contribution >= 0.6 is 38.8 Å². The number of rotatable bonds is 0. The van der Waals surface area contributed by atoms with Gasteiger partial charge in [-0.25, -0.2) is 9.13 Å². The van der Waals surface area contributed by atoms with E-state index in [4.69, 9.17) is 61.7 Å². The van der Waals surface area contributed by atoms with Crippen LogP contribution in [-0.2, 0) is 9.13 Å². The van der Waals surface area contributed by atoms with Crippen LogP contribution in [0.1, 0.15) is 55.4 Å². The van der Waals surface area contributed by atoms with Gasteiger partial charge in [-0.15, -0.1) is 23.2 Å². The zero-order valence-corrected chi connectivity index (χ0v) is 17.2. The van der Waals surface area contributed by atoms with Crippen LogP contribution in [0.5, 0.6) is 0 Å². The van der Waals surface area contributed by atoms with Crippen molar-refractivity contribution in [3.63, 3.8) is 0 Å². The Balaban J connectivity index is -0.0000000230. The van der Waals surface area contributed by atoms with Crippen molar-refractivity contribution >= 4 is 38.8 Å². The fourth-order valence-corrected chi connectivity index (χ4v) is 0. The second-order valence-corrected chi connectivity index (χ2v) is 3.99. The maximum Gasteiger partial charge on any atom is 0.466 e. The van der Waals surface area contributed by atoms with Gasteiger partial charge in [-0.1, -0.05) is 55.4 Å². The molecule has 0 heterocycles. The van der Waals surface area contributed by atoms with Gasteiger partial charge in [0.1, 0.15) is 0 Å². The summed E-state index contributed by atoms with van der Waals surface area (Å²) >= 11 is 9.53. The van der Waals surface area contributed by atoms with Crippen LogP contribution in [-0.4, -0.2) is 34.7 Å². The van der Waals surface area contributed by atoms with Crippen LogP contribution in [0.15, 0.2) is 0 Å². The van der Waals surface area contributed by atoms with Crippen molar-refractivity contribution in [3.05, 3.63) is 0 Å². The molecule has 0 spiro atoms. The van der Waals surface area contributed by atoms with Gasteiger partial charge < -0.3 is 29.4 Å². The Hall–Kier alpha value is 0.800. The van der Waals surface area contributed by atoms with E-state index in [1.165, 1.54) is 0 Å². The Morgan fingerprint density at radius 3 is 0.571 bits per heavy atom. The number of halogens is 2. The molecule has 0 saturated carbocycles. The lowest BCUT2D eigenvalue weighted by molar-refractivity contribution is 0.272. The molecular formula is C9H32Cl2O8P2. The van der Waals surface area contributed by atoms with Crippen molar-refractivity contribution in [3.8, 4) is 0 Å². The van der Waals surface area contributed by atoms with Gasteiger partial charge in [-0.2, -0.15) is 0 Å². The average molecular weight is 401 g/mol. The highest BCUT2D eigenvalue weighted by atomic mass is 35.5. The Kier molecular flexibility index (Phi) is 87.8. The Morgan fingerprint density at radius 1 is 0.571 bits per heavy atom. The van der Waals surface area contributed by atoms with Crippen molar-refractivity contribution in [2.75, 3.05) is 5.34 Å². The first-order valence-corrected chi connectivity index (χ1v) is 10.3. The summed E-state index contributed by atoms with van der Waals surface area (Å²) in [5.74, 6) is 0. The molecule has 12 heteroatoms. The fourth-order valence-electron chi connectivity index (χ4n) is 0. The van der Waals surface area contributed by atoms with E-state index in [1.54, 1.807) is 0 Å². The molecule has 0 bridgehead atoms. The largest absolute Gasteiger partial charge is 0.466 e. The summed E-state index contributed by atoms with van der Waals surface area (Å²) in [6.45, 7) is 16.0. The molecule has 0 atom stereocenters. The first kappa shape index (κ1) is 43.1. The molecule has 6 N–H and O–H groups in total. The lowest BCUT2D eigenvalue weighted by Crippen LogP contribution is -1.66. The maximum atomic E-state index is 8.88. The highest BCUT2D eigenvalue weighted by molar-refractivity contribution is 7.45. The van der Waals surface area contributed by atoms with Crippen LogP contribution in [0.4, 0.5) is 0 Å². The second-order valence-electron chi connectivity index (χ2n) is 1.13. The van der Waals surface area contributed by atoms with Gasteiger partial charge in [0.15, 0.2) is 0 Å². The fraction of sp³-hybridized carbons (Fsp3) is 1.00. The number of hydrogen-bond acceptors (Lipinski definition) is 2. The molecule has 140 valence electrons. The summed E-state index contributed by atoms with van der Waals surface area (Å²) in [6, 6.07) is 0. The summed E-state index contributed by atoms with van der Waals surface area (Å²) in [6.07, 6.45) is 0. The highest BCUT2D eigenvalue weighted by Gasteiger charge is 2.00. The zero-order valence-electron chi connectivity index (χ0n) is 13.9. The molecule has 0 saturated heterocycles. The van der Waals surface area contributed by atoms with Crippen molar-refractivity contribution in [1.29, 1.82) is 0 Å². The first-order valence-electron chi connectivity index (χ1n) is 6.10. The summed E-state index contributed by atoms with van der Waals surface area (Å²) < 4.78 is 17.8. The van der Waals surface area contributed by atoms with Gasteiger partial charge in [-0.3, -0.25) is 0 Å². The van der Waals surface area contributed by atoms with Crippen LogP contribution in [0.25, 0.3) is 0 Å². The third-order valence-corrected chi connectivity index (χ3v) is 0. The Bertz CT molecular complexity index is 160. The molecular weight excluding hydrogens is 369 g/mol. The minimum Gasteiger partial charge on any atom is -0.303 e. The molecule has 0 fully saturated rings. The molecule has 0 amide bonds. The van der Waals surface area contributed by atoms with Crippen molar-refractivity contribution in [1.82, 2.24) is 0 Å². The minimum absolute atomic E-state index is 0.194. The van der Waals surface area contributed by atoms with Gasteiger partial charge >= 0.3 is 15.6 Å². The van der Waals surface area contributed by atoms with Crippen LogP contribution in [0, 0.1) is 0 Å². The summed E-state index contributed by atoms with van der Waals surface area (Å²) in [7, 11) is -9.28. The minimum atomic E-state index is -4.64. The predicted molar refractivity (Wildman–Crippen MR) is 90.5 cm³/mol. The monoisotopic (exact) mass is 400 g/mol. The van der Waals surface area contributed by atoms with Crippen LogP contribution in [0.2, 0.25) is 0 Å². The average Bonchev–Trinajstić information content (AvgIpc) is 2.35. The van der Waals surface area contributed by atoms with E-state index >= 15 is 0 Å². The summed E-state index contributed by atoms with van der Waals surface area (Å²) in [5.41, 5.74) is 0. The van der Waals surface area contributed by atoms with Crippen LogP contribution in [0.3, 0.4) is 0 Å². The van der Waals surface area contributed by atoms with E-state index in [0.717, 1.165) is 0 Å². The van der Waals surface area contributed by atoms with Gasteiger partial charge in [0.05, 0.1) is 5.34 Å². The van der Waals surface area contributed by atoms with E-state index in [2.05, 4.69) is 0 Å². The molecule has 0 radical (unpaired) electrons. The lowest BCUT2D eigenvalue weighted by Gasteiger charge is -1.82. The zero-order chi connectivity index (χ0) is 19.7. The molecule has 0 aromatic carbocycles. The maximum absolute atomic E-state index is 8.88. The molecule has 0 aromatic rings. The Morgan fingerprint density at radius 2 is 0.571 bits per heavy atom.